The first kappa shape index (κ1) is 22.7. The fraction of sp³-hybridized carbons (Fsp3) is 0.478. The number of nitrogen functional groups attached to an aromatic ring is 1. The first-order valence-corrected chi connectivity index (χ1v) is 12.7. The van der Waals surface area contributed by atoms with E-state index < -0.39 is 10.0 Å². The van der Waals surface area contributed by atoms with Crippen LogP contribution in [0.5, 0.6) is 0 Å². The number of hydrogen-bond donors (Lipinski definition) is 2. The lowest BCUT2D eigenvalue weighted by atomic mass is 9.95. The average molecular weight is 458 g/mol. The number of nitrogens with zero attached hydrogens (tertiary/aromatic N) is 3. The molecule has 0 bridgehead atoms. The van der Waals surface area contributed by atoms with Crippen molar-refractivity contribution in [2.24, 2.45) is 5.14 Å². The van der Waals surface area contributed by atoms with Crippen LogP contribution < -0.4 is 10.9 Å². The van der Waals surface area contributed by atoms with Crippen LogP contribution in [0.25, 0.3) is 11.0 Å². The fourth-order valence-corrected chi connectivity index (χ4v) is 5.45. The van der Waals surface area contributed by atoms with Gasteiger partial charge in [0.25, 0.3) is 0 Å². The van der Waals surface area contributed by atoms with Gasteiger partial charge in [0.1, 0.15) is 11.3 Å². The number of ether oxygens (including phenoxy) is 1. The minimum absolute atomic E-state index is 0.210. The van der Waals surface area contributed by atoms with Crippen LogP contribution in [-0.2, 0) is 47.0 Å². The number of sulfonamides is 1. The van der Waals surface area contributed by atoms with Gasteiger partial charge in [-0.1, -0.05) is 18.2 Å². The number of aromatic nitrogens is 3. The summed E-state index contributed by atoms with van der Waals surface area (Å²) in [7, 11) is -2.04. The highest BCUT2D eigenvalue weighted by atomic mass is 32.2. The molecule has 2 heterocycles. The molecule has 0 atom stereocenters. The molecule has 9 heteroatoms. The Balaban J connectivity index is 1.59. The molecule has 0 spiro atoms. The van der Waals surface area contributed by atoms with Crippen molar-refractivity contribution in [3.8, 4) is 0 Å². The fourth-order valence-electron chi connectivity index (χ4n) is 4.65. The zero-order valence-electron chi connectivity index (χ0n) is 18.5. The van der Waals surface area contributed by atoms with Crippen molar-refractivity contribution >= 4 is 26.9 Å². The Morgan fingerprint density at radius 1 is 1.09 bits per heavy atom. The third-order valence-electron chi connectivity index (χ3n) is 6.16. The van der Waals surface area contributed by atoms with Crippen molar-refractivity contribution in [3.05, 3.63) is 46.9 Å². The van der Waals surface area contributed by atoms with Gasteiger partial charge in [-0.15, -0.1) is 0 Å². The summed E-state index contributed by atoms with van der Waals surface area (Å²) in [5.41, 5.74) is 11.3. The van der Waals surface area contributed by atoms with Crippen molar-refractivity contribution in [1.82, 2.24) is 14.5 Å². The van der Waals surface area contributed by atoms with Gasteiger partial charge >= 0.3 is 0 Å². The van der Waals surface area contributed by atoms with E-state index in [0.717, 1.165) is 73.2 Å². The molecular weight excluding hydrogens is 426 g/mol. The van der Waals surface area contributed by atoms with Crippen molar-refractivity contribution in [2.75, 3.05) is 19.5 Å². The first-order chi connectivity index (χ1) is 15.4. The number of primary sulfonamides is 1. The van der Waals surface area contributed by atoms with Crippen molar-refractivity contribution in [2.45, 2.75) is 62.8 Å². The Bertz CT molecular complexity index is 1220. The molecule has 0 aliphatic heterocycles. The maximum atomic E-state index is 11.9. The normalized spacial score (nSPS) is 14.1. The van der Waals surface area contributed by atoms with Gasteiger partial charge in [0.2, 0.25) is 10.0 Å². The van der Waals surface area contributed by atoms with Crippen LogP contribution in [0.2, 0.25) is 0 Å². The number of pyridine rings is 1. The molecule has 1 aliphatic rings. The number of aryl methyl sites for hydroxylation is 4. The van der Waals surface area contributed by atoms with Gasteiger partial charge in [0.15, 0.2) is 5.82 Å². The lowest BCUT2D eigenvalue weighted by Gasteiger charge is -2.18. The summed E-state index contributed by atoms with van der Waals surface area (Å²) in [5, 5.41) is 5.38. The van der Waals surface area contributed by atoms with Crippen LogP contribution in [-0.4, -0.2) is 36.7 Å². The van der Waals surface area contributed by atoms with E-state index in [1.54, 1.807) is 19.2 Å². The largest absolute Gasteiger partial charge is 0.384 e. The molecule has 0 saturated heterocycles. The predicted octanol–water partition coefficient (Wildman–Crippen LogP) is 2.75. The smallest absolute Gasteiger partial charge is 0.238 e. The monoisotopic (exact) mass is 457 g/mol. The number of unbranched alkanes of at least 4 members (excludes halogenated alkanes) is 1. The molecule has 3 aromatic rings. The van der Waals surface area contributed by atoms with Crippen molar-refractivity contribution < 1.29 is 13.2 Å². The number of anilines is 1. The molecular formula is C23H31N5O3S. The molecule has 1 aromatic carbocycles. The summed E-state index contributed by atoms with van der Waals surface area (Å²) in [6.07, 6.45) is 7.30. The number of fused-ring (bicyclic) bond motifs is 3. The third kappa shape index (κ3) is 4.65. The van der Waals surface area contributed by atoms with Crippen LogP contribution in [0.1, 0.15) is 48.3 Å². The highest BCUT2D eigenvalue weighted by molar-refractivity contribution is 7.89. The predicted molar refractivity (Wildman–Crippen MR) is 125 cm³/mol. The quantitative estimate of drug-likeness (QED) is 0.476. The molecule has 172 valence electrons. The van der Waals surface area contributed by atoms with E-state index in [-0.39, 0.29) is 4.90 Å². The standard InChI is InChI=1S/C23H31N5O3S/c1-31-15-13-20-27-21-22(17-10-3-4-11-18(17)26-23(21)24)28(20)14-7-6-9-16-8-2-5-12-19(16)32(25,29)30/h2,5,8,12H,3-4,6-7,9-11,13-15H2,1H3,(H2,24,26)(H2,25,29,30). The van der Waals surface area contributed by atoms with Crippen LogP contribution >= 0.6 is 0 Å². The highest BCUT2D eigenvalue weighted by Gasteiger charge is 2.22. The van der Waals surface area contributed by atoms with Gasteiger partial charge in [-0.05, 0) is 62.1 Å². The third-order valence-corrected chi connectivity index (χ3v) is 7.17. The van der Waals surface area contributed by atoms with E-state index in [4.69, 9.17) is 20.6 Å². The van der Waals surface area contributed by atoms with E-state index in [2.05, 4.69) is 9.55 Å². The summed E-state index contributed by atoms with van der Waals surface area (Å²) in [4.78, 5) is 9.70. The van der Waals surface area contributed by atoms with Gasteiger partial charge in [0, 0.05) is 25.8 Å². The Labute approximate surface area is 189 Å². The Morgan fingerprint density at radius 2 is 1.88 bits per heavy atom. The summed E-state index contributed by atoms with van der Waals surface area (Å²) < 4.78 is 31.3. The second kappa shape index (κ2) is 9.56. The molecule has 1 aliphatic carbocycles. The summed E-state index contributed by atoms with van der Waals surface area (Å²) in [6.45, 7) is 1.36. The maximum Gasteiger partial charge on any atom is 0.238 e. The minimum Gasteiger partial charge on any atom is -0.384 e. The average Bonchev–Trinajstić information content (AvgIpc) is 3.14. The number of benzene rings is 1. The second-order valence-corrected chi connectivity index (χ2v) is 9.89. The zero-order valence-corrected chi connectivity index (χ0v) is 19.3. The van der Waals surface area contributed by atoms with Gasteiger partial charge in [-0.25, -0.2) is 23.5 Å². The lowest BCUT2D eigenvalue weighted by molar-refractivity contribution is 0.199. The van der Waals surface area contributed by atoms with Gasteiger partial charge < -0.3 is 15.0 Å². The maximum absolute atomic E-state index is 11.9. The van der Waals surface area contributed by atoms with Crippen LogP contribution in [0.4, 0.5) is 5.82 Å². The molecule has 4 rings (SSSR count). The summed E-state index contributed by atoms with van der Waals surface area (Å²) >= 11 is 0. The van der Waals surface area contributed by atoms with E-state index >= 15 is 0 Å². The molecule has 32 heavy (non-hydrogen) atoms. The molecule has 0 radical (unpaired) electrons. The van der Waals surface area contributed by atoms with Gasteiger partial charge in [-0.2, -0.15) is 0 Å². The van der Waals surface area contributed by atoms with Crippen molar-refractivity contribution in [1.29, 1.82) is 0 Å². The molecule has 0 unspecified atom stereocenters. The molecule has 4 N–H and O–H groups in total. The molecule has 0 amide bonds. The number of imidazole rings is 1. The SMILES string of the molecule is COCCc1nc2c(N)nc3c(c2n1CCCCc1ccccc1S(N)(=O)=O)CCCC3. The second-order valence-electron chi connectivity index (χ2n) is 8.36. The van der Waals surface area contributed by atoms with Crippen LogP contribution in [0.3, 0.4) is 0 Å². The number of nitrogens with two attached hydrogens (primary N) is 2. The van der Waals surface area contributed by atoms with Gasteiger partial charge in [-0.3, -0.25) is 0 Å². The number of methoxy groups -OCH3 is 1. The van der Waals surface area contributed by atoms with E-state index in [9.17, 15) is 8.42 Å². The van der Waals surface area contributed by atoms with E-state index in [1.807, 2.05) is 12.1 Å². The van der Waals surface area contributed by atoms with E-state index in [1.165, 1.54) is 5.56 Å². The van der Waals surface area contributed by atoms with E-state index in [0.29, 0.717) is 25.3 Å². The topological polar surface area (TPSA) is 126 Å². The first-order valence-electron chi connectivity index (χ1n) is 11.2. The van der Waals surface area contributed by atoms with Gasteiger partial charge in [0.05, 0.1) is 17.0 Å². The molecule has 0 saturated carbocycles. The summed E-state index contributed by atoms with van der Waals surface area (Å²) in [5.74, 6) is 1.46. The number of hydrogen-bond acceptors (Lipinski definition) is 6. The van der Waals surface area contributed by atoms with Crippen LogP contribution in [0.15, 0.2) is 29.2 Å². The Hall–Kier alpha value is -2.49. The van der Waals surface area contributed by atoms with Crippen LogP contribution in [0, 0.1) is 0 Å². The zero-order chi connectivity index (χ0) is 22.7. The molecule has 8 nitrogen and oxygen atoms in total. The summed E-state index contributed by atoms with van der Waals surface area (Å²) in [6, 6.07) is 6.95. The highest BCUT2D eigenvalue weighted by Crippen LogP contribution is 2.32. The lowest BCUT2D eigenvalue weighted by Crippen LogP contribution is -2.14. The van der Waals surface area contributed by atoms with Crippen molar-refractivity contribution in [3.63, 3.8) is 0 Å². The number of rotatable bonds is 9. The molecule has 2 aromatic heterocycles. The Morgan fingerprint density at radius 3 is 2.66 bits per heavy atom. The molecule has 0 fully saturated rings. The minimum atomic E-state index is -3.72. The Kier molecular flexibility index (Phi) is 6.78.